The zero-order valence-corrected chi connectivity index (χ0v) is 32.4. The van der Waals surface area contributed by atoms with Gasteiger partial charge in [-0.3, -0.25) is 20.0 Å². The molecule has 1 aromatic carbocycles. The minimum Gasteiger partial charge on any atom is -0.465 e. The van der Waals surface area contributed by atoms with E-state index < -0.39 is 41.6 Å². The topological polar surface area (TPSA) is 167 Å². The van der Waals surface area contributed by atoms with Crippen LogP contribution < -0.4 is 16.1 Å². The summed E-state index contributed by atoms with van der Waals surface area (Å²) >= 11 is 0. The van der Waals surface area contributed by atoms with Crippen molar-refractivity contribution in [3.8, 4) is 0 Å². The van der Waals surface area contributed by atoms with Crippen molar-refractivity contribution in [3.05, 3.63) is 65.5 Å². The minimum atomic E-state index is -1.31. The van der Waals surface area contributed by atoms with Crippen molar-refractivity contribution in [1.82, 2.24) is 35.9 Å². The number of carboxylic acid groups (broad SMARTS) is 1. The number of aryl methyl sites for hydroxylation is 1. The van der Waals surface area contributed by atoms with Crippen LogP contribution in [0.1, 0.15) is 85.2 Å². The predicted octanol–water partition coefficient (Wildman–Crippen LogP) is 4.58. The van der Waals surface area contributed by atoms with Crippen LogP contribution in [0.4, 0.5) is 9.59 Å². The number of benzene rings is 1. The summed E-state index contributed by atoms with van der Waals surface area (Å²) in [6.07, 6.45) is -0.845. The van der Waals surface area contributed by atoms with Gasteiger partial charge >= 0.3 is 12.1 Å². The first-order valence-corrected chi connectivity index (χ1v) is 18.5. The van der Waals surface area contributed by atoms with Crippen LogP contribution in [0.25, 0.3) is 0 Å². The molecule has 5 N–H and O–H groups in total. The molecule has 13 heteroatoms. The van der Waals surface area contributed by atoms with E-state index in [2.05, 4.69) is 34.9 Å². The number of urea groups is 1. The number of pyridine rings is 1. The molecule has 2 aromatic rings. The number of carbonyl (C=O) groups is 4. The van der Waals surface area contributed by atoms with Gasteiger partial charge in [0.1, 0.15) is 12.1 Å². The monoisotopic (exact) mass is 723 g/mol. The van der Waals surface area contributed by atoms with Crippen molar-refractivity contribution in [2.45, 2.75) is 118 Å². The number of hydrogen-bond acceptors (Lipinski definition) is 7. The summed E-state index contributed by atoms with van der Waals surface area (Å²) in [4.78, 5) is 61.2. The van der Waals surface area contributed by atoms with Crippen molar-refractivity contribution in [2.75, 3.05) is 19.6 Å². The lowest BCUT2D eigenvalue weighted by Crippen LogP contribution is -2.62. The van der Waals surface area contributed by atoms with Crippen molar-refractivity contribution < 1.29 is 29.4 Å². The van der Waals surface area contributed by atoms with Gasteiger partial charge in [0.25, 0.3) is 5.91 Å². The fraction of sp³-hybridized carbons (Fsp3) is 0.615. The van der Waals surface area contributed by atoms with Crippen molar-refractivity contribution >= 4 is 23.9 Å². The predicted molar refractivity (Wildman–Crippen MR) is 201 cm³/mol. The van der Waals surface area contributed by atoms with Gasteiger partial charge in [0.2, 0.25) is 5.91 Å². The highest BCUT2D eigenvalue weighted by molar-refractivity contribution is 5.88. The van der Waals surface area contributed by atoms with Gasteiger partial charge in [-0.25, -0.2) is 14.6 Å². The van der Waals surface area contributed by atoms with Gasteiger partial charge in [0.05, 0.1) is 24.4 Å². The largest absolute Gasteiger partial charge is 0.465 e. The van der Waals surface area contributed by atoms with Crippen LogP contribution >= 0.6 is 0 Å². The normalized spacial score (nSPS) is 17.0. The summed E-state index contributed by atoms with van der Waals surface area (Å²) < 4.78 is 0. The molecule has 0 radical (unpaired) electrons. The van der Waals surface area contributed by atoms with Crippen molar-refractivity contribution in [1.29, 1.82) is 0 Å². The summed E-state index contributed by atoms with van der Waals surface area (Å²) in [5.41, 5.74) is 4.70. The zero-order valence-electron chi connectivity index (χ0n) is 32.4. The SMILES string of the molecule is CC[C@H](C)[C@@H](C(=O)N[C@@H](Cc1ccccc1)[C@@H](O)CN(NC(=O)[C@@H](NC(=O)O)C(C)(C)C)C(C)CC(C)C)N1CCN(Cc2cccc(C)n2)C1=O. The molecule has 1 aliphatic rings. The molecule has 0 aliphatic carbocycles. The molecule has 1 aliphatic heterocycles. The Kier molecular flexibility index (Phi) is 15.4. The first kappa shape index (κ1) is 42.2. The van der Waals surface area contributed by atoms with E-state index >= 15 is 0 Å². The van der Waals surface area contributed by atoms with Crippen molar-refractivity contribution in [3.63, 3.8) is 0 Å². The van der Waals surface area contributed by atoms with Gasteiger partial charge in [-0.15, -0.1) is 0 Å². The first-order valence-electron chi connectivity index (χ1n) is 18.5. The number of rotatable bonds is 18. The average Bonchev–Trinajstić information content (AvgIpc) is 3.40. The number of nitrogens with zero attached hydrogens (tertiary/aromatic N) is 4. The Balaban J connectivity index is 1.89. The number of nitrogens with one attached hydrogen (secondary N) is 3. The van der Waals surface area contributed by atoms with E-state index in [0.717, 1.165) is 17.0 Å². The third-order valence-electron chi connectivity index (χ3n) is 9.68. The fourth-order valence-corrected chi connectivity index (χ4v) is 6.72. The summed E-state index contributed by atoms with van der Waals surface area (Å²) in [6, 6.07) is 12.1. The van der Waals surface area contributed by atoms with Crippen LogP contribution in [0.3, 0.4) is 0 Å². The molecule has 288 valence electrons. The molecular weight excluding hydrogens is 662 g/mol. The molecule has 1 saturated heterocycles. The molecule has 3 rings (SSSR count). The van der Waals surface area contributed by atoms with Gasteiger partial charge in [-0.1, -0.05) is 91.3 Å². The molecule has 0 bridgehead atoms. The lowest BCUT2D eigenvalue weighted by Gasteiger charge is -2.38. The number of amides is 5. The Bertz CT molecular complexity index is 1480. The second-order valence-electron chi connectivity index (χ2n) is 15.7. The average molecular weight is 724 g/mol. The third-order valence-corrected chi connectivity index (χ3v) is 9.68. The Hall–Kier alpha value is -4.23. The Morgan fingerprint density at radius 3 is 2.21 bits per heavy atom. The highest BCUT2D eigenvalue weighted by Gasteiger charge is 2.41. The van der Waals surface area contributed by atoms with Crippen LogP contribution in [0.15, 0.2) is 48.5 Å². The quantitative estimate of drug-likeness (QED) is 0.139. The van der Waals surface area contributed by atoms with Crippen LogP contribution in [0.2, 0.25) is 0 Å². The second-order valence-corrected chi connectivity index (χ2v) is 15.7. The van der Waals surface area contributed by atoms with Gasteiger partial charge in [-0.05, 0) is 61.6 Å². The second kappa shape index (κ2) is 19.0. The minimum absolute atomic E-state index is 0.0464. The molecule has 13 nitrogen and oxygen atoms in total. The molecule has 0 spiro atoms. The Morgan fingerprint density at radius 1 is 0.962 bits per heavy atom. The van der Waals surface area contributed by atoms with Crippen LogP contribution in [-0.4, -0.2) is 104 Å². The van der Waals surface area contributed by atoms with Crippen molar-refractivity contribution in [2.24, 2.45) is 17.3 Å². The van der Waals surface area contributed by atoms with Gasteiger partial charge in [0, 0.05) is 31.4 Å². The Morgan fingerprint density at radius 2 is 1.63 bits per heavy atom. The van der Waals surface area contributed by atoms with E-state index in [1.165, 1.54) is 0 Å². The van der Waals surface area contributed by atoms with Gasteiger partial charge in [0.15, 0.2) is 0 Å². The number of aliphatic hydroxyl groups is 1. The van der Waals surface area contributed by atoms with Crippen LogP contribution in [0, 0.1) is 24.2 Å². The molecular formula is C39H61N7O6. The number of aliphatic hydroxyl groups excluding tert-OH is 1. The van der Waals surface area contributed by atoms with E-state index in [1.807, 2.05) is 76.2 Å². The van der Waals surface area contributed by atoms with E-state index in [-0.39, 0.29) is 36.4 Å². The summed E-state index contributed by atoms with van der Waals surface area (Å²) in [7, 11) is 0. The summed E-state index contributed by atoms with van der Waals surface area (Å²) in [6.45, 7) is 18.3. The molecule has 5 amide bonds. The smallest absolute Gasteiger partial charge is 0.405 e. The van der Waals surface area contributed by atoms with E-state index in [9.17, 15) is 29.4 Å². The maximum Gasteiger partial charge on any atom is 0.405 e. The van der Waals surface area contributed by atoms with Crippen LogP contribution in [0.5, 0.6) is 0 Å². The molecule has 52 heavy (non-hydrogen) atoms. The number of hydrogen-bond donors (Lipinski definition) is 5. The van der Waals surface area contributed by atoms with E-state index in [4.69, 9.17) is 0 Å². The van der Waals surface area contributed by atoms with Gasteiger partial charge in [-0.2, -0.15) is 0 Å². The zero-order chi connectivity index (χ0) is 38.7. The third kappa shape index (κ3) is 12.2. The summed E-state index contributed by atoms with van der Waals surface area (Å²) in [5.74, 6) is -0.815. The van der Waals surface area contributed by atoms with Crippen LogP contribution in [-0.2, 0) is 22.6 Å². The van der Waals surface area contributed by atoms with E-state index in [1.54, 1.807) is 35.6 Å². The molecule has 2 heterocycles. The maximum atomic E-state index is 14.3. The Labute approximate surface area is 309 Å². The van der Waals surface area contributed by atoms with Gasteiger partial charge < -0.3 is 30.6 Å². The highest BCUT2D eigenvalue weighted by Crippen LogP contribution is 2.24. The first-order chi connectivity index (χ1) is 24.4. The standard InChI is InChI=1S/C39H61N7O6/c1-10-26(4)33(45-20-19-44(38(45)52)23-30-18-14-15-27(5)40-30)35(48)41-31(22-29-16-12-11-13-17-29)32(47)24-46(28(6)21-25(2)3)43-36(49)34(39(7,8)9)42-37(50)51/h11-18,25-26,28,31-34,42,47H,10,19-24H2,1-9H3,(H,41,48)(H,43,49)(H,50,51)/t26-,28?,31-,32-,33-,34+/m0/s1. The lowest BCUT2D eigenvalue weighted by molar-refractivity contribution is -0.133. The maximum absolute atomic E-state index is 14.3. The molecule has 1 unspecified atom stereocenters. The summed E-state index contributed by atoms with van der Waals surface area (Å²) in [5, 5.41) is 28.5. The fourth-order valence-electron chi connectivity index (χ4n) is 6.72. The molecule has 6 atom stereocenters. The highest BCUT2D eigenvalue weighted by atomic mass is 16.4. The molecule has 1 aromatic heterocycles. The molecule has 1 fully saturated rings. The molecule has 0 saturated carbocycles. The number of aromatic nitrogens is 1. The number of carbonyl (C=O) groups excluding carboxylic acids is 3. The van der Waals surface area contributed by atoms with E-state index in [0.29, 0.717) is 38.9 Å². The lowest BCUT2D eigenvalue weighted by atomic mass is 9.86. The number of hydrazine groups is 1.